The van der Waals surface area contributed by atoms with Crippen molar-refractivity contribution < 1.29 is 19.1 Å². The zero-order chi connectivity index (χ0) is 23.8. The van der Waals surface area contributed by atoms with Crippen molar-refractivity contribution in [3.05, 3.63) is 65.0 Å². The molecule has 178 valence electrons. The maximum absolute atomic E-state index is 12.9. The summed E-state index contributed by atoms with van der Waals surface area (Å²) in [6, 6.07) is 15.4. The molecule has 2 aromatic carbocycles. The van der Waals surface area contributed by atoms with Gasteiger partial charge in [0.05, 0.1) is 17.4 Å². The third kappa shape index (κ3) is 6.65. The molecule has 1 saturated heterocycles. The molecule has 1 atom stereocenters. The van der Waals surface area contributed by atoms with E-state index >= 15 is 0 Å². The molecule has 2 amide bonds. The lowest BCUT2D eigenvalue weighted by molar-refractivity contribution is -0.118. The number of aromatic nitrogens is 1. The highest BCUT2D eigenvalue weighted by Crippen LogP contribution is 2.27. The van der Waals surface area contributed by atoms with Gasteiger partial charge in [0, 0.05) is 31.0 Å². The molecule has 34 heavy (non-hydrogen) atoms. The summed E-state index contributed by atoms with van der Waals surface area (Å²) in [4.78, 5) is 28.4. The van der Waals surface area contributed by atoms with Crippen LogP contribution in [0.2, 0.25) is 0 Å². The Labute approximate surface area is 203 Å². The Kier molecular flexibility index (Phi) is 8.27. The number of thiazole rings is 1. The second-order valence-corrected chi connectivity index (χ2v) is 9.08. The van der Waals surface area contributed by atoms with Gasteiger partial charge in [0.15, 0.2) is 5.13 Å². The number of benzene rings is 2. The van der Waals surface area contributed by atoms with Crippen LogP contribution in [-0.2, 0) is 16.0 Å². The molecule has 2 heterocycles. The van der Waals surface area contributed by atoms with Gasteiger partial charge >= 0.3 is 0 Å². The number of ether oxygens (including phenoxy) is 2. The second-order valence-electron chi connectivity index (χ2n) is 8.22. The molecule has 0 aliphatic carbocycles. The first kappa shape index (κ1) is 23.9. The molecule has 0 bridgehead atoms. The number of carbonyl (C=O) groups is 2. The Bertz CT molecular complexity index is 1110. The number of aryl methyl sites for hydroxylation is 1. The summed E-state index contributed by atoms with van der Waals surface area (Å²) < 4.78 is 11.5. The van der Waals surface area contributed by atoms with Crippen molar-refractivity contribution in [2.75, 3.05) is 25.1 Å². The van der Waals surface area contributed by atoms with Crippen molar-refractivity contribution >= 4 is 28.3 Å². The molecule has 8 heteroatoms. The van der Waals surface area contributed by atoms with Gasteiger partial charge in [0.2, 0.25) is 5.91 Å². The summed E-state index contributed by atoms with van der Waals surface area (Å²) in [6.45, 7) is 3.41. The number of hydrogen-bond donors (Lipinski definition) is 2. The molecule has 7 nitrogen and oxygen atoms in total. The molecule has 4 rings (SSSR count). The van der Waals surface area contributed by atoms with Crippen molar-refractivity contribution in [3.63, 3.8) is 0 Å². The fraction of sp³-hybridized carbons (Fsp3) is 0.346. The monoisotopic (exact) mass is 479 g/mol. The Morgan fingerprint density at radius 3 is 2.76 bits per heavy atom. The zero-order valence-corrected chi connectivity index (χ0v) is 20.0. The summed E-state index contributed by atoms with van der Waals surface area (Å²) in [7, 11) is 0. The first-order valence-corrected chi connectivity index (χ1v) is 12.4. The van der Waals surface area contributed by atoms with Crippen LogP contribution in [0.25, 0.3) is 11.3 Å². The zero-order valence-electron chi connectivity index (χ0n) is 19.2. The second kappa shape index (κ2) is 11.8. The molecule has 0 spiro atoms. The molecule has 3 aromatic rings. The van der Waals surface area contributed by atoms with Gasteiger partial charge in [-0.25, -0.2) is 4.98 Å². The number of nitrogens with one attached hydrogen (secondary N) is 2. The SMILES string of the molecule is CC(=O)NCCCc1ccc(-c2csc(NC(=O)c3ccccc3OCC3CCCO3)n2)cc1. The lowest BCUT2D eigenvalue weighted by atomic mass is 10.1. The predicted molar refractivity (Wildman–Crippen MR) is 133 cm³/mol. The van der Waals surface area contributed by atoms with E-state index in [-0.39, 0.29) is 17.9 Å². The highest BCUT2D eigenvalue weighted by atomic mass is 32.1. The number of amides is 2. The van der Waals surface area contributed by atoms with Crippen LogP contribution < -0.4 is 15.4 Å². The summed E-state index contributed by atoms with van der Waals surface area (Å²) >= 11 is 1.39. The van der Waals surface area contributed by atoms with E-state index < -0.39 is 0 Å². The van der Waals surface area contributed by atoms with Gasteiger partial charge in [-0.2, -0.15) is 0 Å². The Morgan fingerprint density at radius 2 is 2.00 bits per heavy atom. The highest BCUT2D eigenvalue weighted by molar-refractivity contribution is 7.14. The lowest BCUT2D eigenvalue weighted by Gasteiger charge is -2.14. The normalized spacial score (nSPS) is 15.1. The molecule has 0 radical (unpaired) electrons. The van der Waals surface area contributed by atoms with Crippen molar-refractivity contribution in [1.82, 2.24) is 10.3 Å². The molecule has 2 N–H and O–H groups in total. The van der Waals surface area contributed by atoms with E-state index in [1.54, 1.807) is 12.1 Å². The fourth-order valence-corrected chi connectivity index (χ4v) is 4.48. The van der Waals surface area contributed by atoms with Crippen molar-refractivity contribution in [2.45, 2.75) is 38.7 Å². The van der Waals surface area contributed by atoms with Gasteiger partial charge < -0.3 is 14.8 Å². The predicted octanol–water partition coefficient (Wildman–Crippen LogP) is 4.69. The van der Waals surface area contributed by atoms with Gasteiger partial charge in [-0.3, -0.25) is 14.9 Å². The van der Waals surface area contributed by atoms with Gasteiger partial charge in [-0.1, -0.05) is 36.4 Å². The van der Waals surface area contributed by atoms with Crippen LogP contribution >= 0.6 is 11.3 Å². The van der Waals surface area contributed by atoms with E-state index in [2.05, 4.69) is 27.8 Å². The quantitative estimate of drug-likeness (QED) is 0.412. The largest absolute Gasteiger partial charge is 0.490 e. The van der Waals surface area contributed by atoms with Crippen LogP contribution in [-0.4, -0.2) is 42.7 Å². The van der Waals surface area contributed by atoms with Crippen molar-refractivity contribution in [3.8, 4) is 17.0 Å². The number of hydrogen-bond acceptors (Lipinski definition) is 6. The first-order chi connectivity index (χ1) is 16.6. The molecule has 1 aliphatic heterocycles. The van der Waals surface area contributed by atoms with Crippen LogP contribution in [0.1, 0.15) is 42.1 Å². The molecule has 1 fully saturated rings. The summed E-state index contributed by atoms with van der Waals surface area (Å²) in [5, 5.41) is 8.17. The third-order valence-electron chi connectivity index (χ3n) is 5.57. The standard InChI is InChI=1S/C26H29N3O4S/c1-18(30)27-14-4-6-19-10-12-20(13-11-19)23-17-34-26(28-23)29-25(31)22-8-2-3-9-24(22)33-16-21-7-5-15-32-21/h2-3,8-13,17,21H,4-7,14-16H2,1H3,(H,27,30)(H,28,29,31). The van der Waals surface area contributed by atoms with Gasteiger partial charge in [0.25, 0.3) is 5.91 Å². The van der Waals surface area contributed by atoms with E-state index in [1.807, 2.05) is 29.6 Å². The Morgan fingerprint density at radius 1 is 1.18 bits per heavy atom. The maximum Gasteiger partial charge on any atom is 0.261 e. The average Bonchev–Trinajstić information content (AvgIpc) is 3.53. The van der Waals surface area contributed by atoms with Crippen LogP contribution in [0.15, 0.2) is 53.9 Å². The molecular formula is C26H29N3O4S. The molecule has 0 saturated carbocycles. The molecule has 1 unspecified atom stereocenters. The minimum Gasteiger partial charge on any atom is -0.490 e. The minimum atomic E-state index is -0.252. The molecular weight excluding hydrogens is 450 g/mol. The van der Waals surface area contributed by atoms with Crippen molar-refractivity contribution in [2.24, 2.45) is 0 Å². The van der Waals surface area contributed by atoms with Gasteiger partial charge in [-0.05, 0) is 43.4 Å². The number of rotatable bonds is 10. The third-order valence-corrected chi connectivity index (χ3v) is 6.33. The summed E-state index contributed by atoms with van der Waals surface area (Å²) in [5.74, 6) is 0.288. The van der Waals surface area contributed by atoms with E-state index in [1.165, 1.54) is 23.8 Å². The summed E-state index contributed by atoms with van der Waals surface area (Å²) in [6.07, 6.45) is 3.90. The van der Waals surface area contributed by atoms with Gasteiger partial charge in [-0.15, -0.1) is 11.3 Å². The average molecular weight is 480 g/mol. The van der Waals surface area contributed by atoms with Crippen LogP contribution in [0.4, 0.5) is 5.13 Å². The number of nitrogens with zero attached hydrogens (tertiary/aromatic N) is 1. The maximum atomic E-state index is 12.9. The first-order valence-electron chi connectivity index (χ1n) is 11.5. The van der Waals surface area contributed by atoms with Crippen LogP contribution in [0, 0.1) is 0 Å². The Hall–Kier alpha value is -3.23. The van der Waals surface area contributed by atoms with E-state index in [9.17, 15) is 9.59 Å². The van der Waals surface area contributed by atoms with Crippen LogP contribution in [0.3, 0.4) is 0 Å². The van der Waals surface area contributed by atoms with Crippen LogP contribution in [0.5, 0.6) is 5.75 Å². The lowest BCUT2D eigenvalue weighted by Crippen LogP contribution is -2.21. The molecule has 1 aromatic heterocycles. The highest BCUT2D eigenvalue weighted by Gasteiger charge is 2.19. The fourth-order valence-electron chi connectivity index (χ4n) is 3.77. The number of carbonyl (C=O) groups excluding carboxylic acids is 2. The smallest absolute Gasteiger partial charge is 0.261 e. The number of anilines is 1. The van der Waals surface area contributed by atoms with Gasteiger partial charge in [0.1, 0.15) is 12.4 Å². The van der Waals surface area contributed by atoms with Crippen molar-refractivity contribution in [1.29, 1.82) is 0 Å². The number of para-hydroxylation sites is 1. The Balaban J connectivity index is 1.34. The van der Waals surface area contributed by atoms with E-state index in [0.717, 1.165) is 43.5 Å². The van der Waals surface area contributed by atoms with E-state index in [4.69, 9.17) is 9.47 Å². The topological polar surface area (TPSA) is 89.6 Å². The summed E-state index contributed by atoms with van der Waals surface area (Å²) in [5.41, 5.74) is 3.48. The van der Waals surface area contributed by atoms with E-state index in [0.29, 0.717) is 29.6 Å². The molecule has 1 aliphatic rings. The minimum absolute atomic E-state index is 0.00327.